The molecular weight excluding hydrogens is 327 g/mol. The second-order valence-electron chi connectivity index (χ2n) is 6.38. The Balaban J connectivity index is 1.88. The van der Waals surface area contributed by atoms with Gasteiger partial charge in [0.05, 0.1) is 6.04 Å². The highest BCUT2D eigenvalue weighted by Gasteiger charge is 2.25. The summed E-state index contributed by atoms with van der Waals surface area (Å²) in [7, 11) is 0. The van der Waals surface area contributed by atoms with Gasteiger partial charge in [-0.2, -0.15) is 4.37 Å². The molecule has 1 aromatic heterocycles. The minimum absolute atomic E-state index is 0.00358. The quantitative estimate of drug-likeness (QED) is 0.919. The highest BCUT2D eigenvalue weighted by Crippen LogP contribution is 2.31. The standard InChI is InChI=1S/C17H21FN4OS/c1-10(2)16-20-17(24-21-16)19-15-6-7-22(11(3)23)9-12-8-13(18)4-5-14(12)15/h4-5,8,10,15H,6-7,9H2,1-3H3,(H,19,20,21). The lowest BCUT2D eigenvalue weighted by molar-refractivity contribution is -0.129. The Morgan fingerprint density at radius 3 is 2.92 bits per heavy atom. The Labute approximate surface area is 145 Å². The molecule has 1 N–H and O–H groups in total. The zero-order valence-corrected chi connectivity index (χ0v) is 14.9. The Kier molecular flexibility index (Phi) is 4.80. The van der Waals surface area contributed by atoms with Gasteiger partial charge in [-0.3, -0.25) is 4.79 Å². The van der Waals surface area contributed by atoms with Crippen molar-refractivity contribution < 1.29 is 9.18 Å². The molecule has 0 fully saturated rings. The predicted octanol–water partition coefficient (Wildman–Crippen LogP) is 3.71. The van der Waals surface area contributed by atoms with Crippen molar-refractivity contribution in [2.75, 3.05) is 11.9 Å². The van der Waals surface area contributed by atoms with Crippen LogP contribution in [0.2, 0.25) is 0 Å². The Bertz CT molecular complexity index is 746. The van der Waals surface area contributed by atoms with Crippen molar-refractivity contribution in [1.29, 1.82) is 0 Å². The third-order valence-electron chi connectivity index (χ3n) is 4.23. The molecule has 0 bridgehead atoms. The van der Waals surface area contributed by atoms with E-state index in [1.807, 2.05) is 0 Å². The van der Waals surface area contributed by atoms with Gasteiger partial charge in [-0.15, -0.1) is 0 Å². The Morgan fingerprint density at radius 2 is 2.25 bits per heavy atom. The topological polar surface area (TPSA) is 58.1 Å². The third-order valence-corrected chi connectivity index (χ3v) is 4.89. The number of benzene rings is 1. The van der Waals surface area contributed by atoms with E-state index in [0.29, 0.717) is 13.1 Å². The molecule has 24 heavy (non-hydrogen) atoms. The second kappa shape index (κ2) is 6.84. The van der Waals surface area contributed by atoms with Gasteiger partial charge in [-0.25, -0.2) is 9.37 Å². The van der Waals surface area contributed by atoms with Crippen molar-refractivity contribution in [3.63, 3.8) is 0 Å². The summed E-state index contributed by atoms with van der Waals surface area (Å²) in [6.45, 7) is 6.72. The number of aromatic nitrogens is 2. The summed E-state index contributed by atoms with van der Waals surface area (Å²) in [6.07, 6.45) is 0.745. The molecule has 7 heteroatoms. The highest BCUT2D eigenvalue weighted by atomic mass is 32.1. The van der Waals surface area contributed by atoms with Gasteiger partial charge in [0.2, 0.25) is 11.0 Å². The normalized spacial score (nSPS) is 17.5. The zero-order chi connectivity index (χ0) is 17.3. The van der Waals surface area contributed by atoms with Crippen LogP contribution in [0.4, 0.5) is 9.52 Å². The summed E-state index contributed by atoms with van der Waals surface area (Å²) < 4.78 is 18.0. The number of nitrogens with one attached hydrogen (secondary N) is 1. The average molecular weight is 348 g/mol. The van der Waals surface area contributed by atoms with E-state index in [1.54, 1.807) is 17.9 Å². The van der Waals surface area contributed by atoms with Gasteiger partial charge >= 0.3 is 0 Å². The lowest BCUT2D eigenvalue weighted by Gasteiger charge is -2.19. The van der Waals surface area contributed by atoms with Crippen LogP contribution >= 0.6 is 11.5 Å². The number of amides is 1. The molecular formula is C17H21FN4OS. The maximum atomic E-state index is 13.7. The van der Waals surface area contributed by atoms with Crippen LogP contribution in [0.25, 0.3) is 0 Å². The van der Waals surface area contributed by atoms with E-state index in [4.69, 9.17) is 0 Å². The van der Waals surface area contributed by atoms with Crippen LogP contribution in [-0.4, -0.2) is 26.7 Å². The molecule has 1 aliphatic heterocycles. The maximum Gasteiger partial charge on any atom is 0.219 e. The molecule has 128 valence electrons. The SMILES string of the molecule is CC(=O)N1CCC(Nc2nc(C(C)C)ns2)c2ccc(F)cc2C1. The molecule has 1 atom stereocenters. The number of nitrogens with zero attached hydrogens (tertiary/aromatic N) is 3. The number of hydrogen-bond donors (Lipinski definition) is 1. The van der Waals surface area contributed by atoms with Crippen molar-refractivity contribution in [2.24, 2.45) is 0 Å². The lowest BCUT2D eigenvalue weighted by atomic mass is 9.99. The van der Waals surface area contributed by atoms with Crippen molar-refractivity contribution in [3.8, 4) is 0 Å². The average Bonchev–Trinajstić information content (AvgIpc) is 2.91. The smallest absolute Gasteiger partial charge is 0.219 e. The number of carbonyl (C=O) groups is 1. The Hall–Kier alpha value is -2.02. The predicted molar refractivity (Wildman–Crippen MR) is 92.5 cm³/mol. The first-order chi connectivity index (χ1) is 11.4. The molecule has 2 heterocycles. The molecule has 0 spiro atoms. The number of halogens is 1. The van der Waals surface area contributed by atoms with Crippen LogP contribution in [-0.2, 0) is 11.3 Å². The first kappa shape index (κ1) is 16.8. The van der Waals surface area contributed by atoms with E-state index in [9.17, 15) is 9.18 Å². The number of carbonyl (C=O) groups excluding carboxylic acids is 1. The van der Waals surface area contributed by atoms with Crippen LogP contribution in [0.15, 0.2) is 18.2 Å². The van der Waals surface area contributed by atoms with E-state index >= 15 is 0 Å². The number of anilines is 1. The molecule has 0 saturated carbocycles. The molecule has 0 saturated heterocycles. The van der Waals surface area contributed by atoms with Gasteiger partial charge in [-0.1, -0.05) is 19.9 Å². The summed E-state index contributed by atoms with van der Waals surface area (Å²) in [5.74, 6) is 0.820. The van der Waals surface area contributed by atoms with Gasteiger partial charge < -0.3 is 10.2 Å². The summed E-state index contributed by atoms with van der Waals surface area (Å²) in [5.41, 5.74) is 1.86. The lowest BCUT2D eigenvalue weighted by Crippen LogP contribution is -2.28. The van der Waals surface area contributed by atoms with Crippen molar-refractivity contribution >= 4 is 22.6 Å². The van der Waals surface area contributed by atoms with Gasteiger partial charge in [0.1, 0.15) is 11.6 Å². The second-order valence-corrected chi connectivity index (χ2v) is 7.13. The largest absolute Gasteiger partial charge is 0.353 e. The summed E-state index contributed by atoms with van der Waals surface area (Å²) in [4.78, 5) is 18.1. The van der Waals surface area contributed by atoms with Crippen molar-refractivity contribution in [3.05, 3.63) is 41.0 Å². The first-order valence-corrected chi connectivity index (χ1v) is 8.85. The fourth-order valence-corrected chi connectivity index (χ4v) is 3.63. The molecule has 1 amide bonds. The number of rotatable bonds is 3. The minimum atomic E-state index is -0.282. The van der Waals surface area contributed by atoms with Crippen LogP contribution in [0.5, 0.6) is 0 Å². The fraction of sp³-hybridized carbons (Fsp3) is 0.471. The van der Waals surface area contributed by atoms with Crippen LogP contribution in [0, 0.1) is 5.82 Å². The molecule has 1 unspecified atom stereocenters. The Morgan fingerprint density at radius 1 is 1.46 bits per heavy atom. The summed E-state index contributed by atoms with van der Waals surface area (Å²) in [6, 6.07) is 4.77. The van der Waals surface area contributed by atoms with E-state index < -0.39 is 0 Å². The maximum absolute atomic E-state index is 13.7. The minimum Gasteiger partial charge on any atom is -0.353 e. The first-order valence-electron chi connectivity index (χ1n) is 8.08. The monoisotopic (exact) mass is 348 g/mol. The van der Waals surface area contributed by atoms with Crippen molar-refractivity contribution in [1.82, 2.24) is 14.3 Å². The fourth-order valence-electron chi connectivity index (χ4n) is 2.87. The highest BCUT2D eigenvalue weighted by molar-refractivity contribution is 7.09. The number of hydrogen-bond acceptors (Lipinski definition) is 5. The van der Waals surface area contributed by atoms with Crippen molar-refractivity contribution in [2.45, 2.75) is 45.7 Å². The van der Waals surface area contributed by atoms with E-state index in [2.05, 4.69) is 28.5 Å². The van der Waals surface area contributed by atoms with Gasteiger partial charge in [0.15, 0.2) is 0 Å². The summed E-state index contributed by atoms with van der Waals surface area (Å²) >= 11 is 1.34. The molecule has 2 aromatic rings. The van der Waals surface area contributed by atoms with Gasteiger partial charge in [0, 0.05) is 37.5 Å². The third kappa shape index (κ3) is 3.56. The van der Waals surface area contributed by atoms with Crippen LogP contribution < -0.4 is 5.32 Å². The molecule has 5 nitrogen and oxygen atoms in total. The molecule has 1 aliphatic rings. The zero-order valence-electron chi connectivity index (χ0n) is 14.0. The molecule has 0 aliphatic carbocycles. The number of fused-ring (bicyclic) bond motifs is 1. The van der Waals surface area contributed by atoms with E-state index in [0.717, 1.165) is 28.5 Å². The van der Waals surface area contributed by atoms with Crippen LogP contribution in [0.3, 0.4) is 0 Å². The molecule has 0 radical (unpaired) electrons. The van der Waals surface area contributed by atoms with E-state index in [1.165, 1.54) is 23.7 Å². The molecule has 3 rings (SSSR count). The van der Waals surface area contributed by atoms with Gasteiger partial charge in [-0.05, 0) is 29.7 Å². The van der Waals surface area contributed by atoms with E-state index in [-0.39, 0.29) is 23.7 Å². The molecule has 1 aromatic carbocycles. The summed E-state index contributed by atoms with van der Waals surface area (Å²) in [5, 5.41) is 4.18. The van der Waals surface area contributed by atoms with Crippen LogP contribution in [0.1, 0.15) is 56.1 Å². The van der Waals surface area contributed by atoms with Gasteiger partial charge in [0.25, 0.3) is 0 Å².